The van der Waals surface area contributed by atoms with Crippen LogP contribution < -0.4 is 5.73 Å². The molecule has 1 aromatic heterocycles. The summed E-state index contributed by atoms with van der Waals surface area (Å²) in [5, 5.41) is 3.98. The number of rotatable bonds is 3. The Labute approximate surface area is 117 Å². The van der Waals surface area contributed by atoms with E-state index in [2.05, 4.69) is 9.59 Å². The maximum absolute atomic E-state index is 12.3. The minimum atomic E-state index is 0. The number of carbonyl (C=O) groups excluding carboxylic acids is 1. The fourth-order valence-electron chi connectivity index (χ4n) is 2.15. The van der Waals surface area contributed by atoms with Crippen molar-refractivity contribution < 1.29 is 4.79 Å². The third kappa shape index (κ3) is 2.99. The molecule has 0 spiro atoms. The minimum Gasteiger partial charge on any atom is -0.337 e. The number of hydrogen-bond acceptors (Lipinski definition) is 5. The zero-order valence-corrected chi connectivity index (χ0v) is 12.3. The monoisotopic (exact) mass is 290 g/mol. The SMILES string of the molecule is CCc1nnsc1C(=O)N1CCC(C(C)N)C1.Cl. The van der Waals surface area contributed by atoms with E-state index in [1.807, 2.05) is 18.7 Å². The summed E-state index contributed by atoms with van der Waals surface area (Å²) >= 11 is 1.20. The Balaban J connectivity index is 0.00000162. The van der Waals surface area contributed by atoms with E-state index < -0.39 is 0 Å². The molecule has 0 aromatic carbocycles. The Morgan fingerprint density at radius 2 is 2.39 bits per heavy atom. The number of halogens is 1. The highest BCUT2D eigenvalue weighted by Crippen LogP contribution is 2.22. The van der Waals surface area contributed by atoms with Crippen molar-refractivity contribution in [1.29, 1.82) is 0 Å². The average Bonchev–Trinajstić information content (AvgIpc) is 2.96. The first kappa shape index (κ1) is 15.3. The van der Waals surface area contributed by atoms with Gasteiger partial charge in [-0.1, -0.05) is 11.4 Å². The molecule has 1 amide bonds. The highest BCUT2D eigenvalue weighted by Gasteiger charge is 2.30. The largest absolute Gasteiger partial charge is 0.337 e. The van der Waals surface area contributed by atoms with E-state index in [4.69, 9.17) is 5.73 Å². The van der Waals surface area contributed by atoms with Gasteiger partial charge in [0.1, 0.15) is 4.88 Å². The minimum absolute atomic E-state index is 0. The zero-order chi connectivity index (χ0) is 12.4. The van der Waals surface area contributed by atoms with Crippen molar-refractivity contribution in [3.05, 3.63) is 10.6 Å². The Bertz CT molecular complexity index is 410. The summed E-state index contributed by atoms with van der Waals surface area (Å²) in [6.45, 7) is 5.55. The van der Waals surface area contributed by atoms with Gasteiger partial charge >= 0.3 is 0 Å². The Hall–Kier alpha value is -0.720. The first-order valence-corrected chi connectivity index (χ1v) is 6.77. The third-order valence-electron chi connectivity index (χ3n) is 3.34. The van der Waals surface area contributed by atoms with Gasteiger partial charge < -0.3 is 10.6 Å². The average molecular weight is 291 g/mol. The van der Waals surface area contributed by atoms with Crippen molar-refractivity contribution in [2.24, 2.45) is 11.7 Å². The van der Waals surface area contributed by atoms with Crippen LogP contribution in [0.15, 0.2) is 0 Å². The van der Waals surface area contributed by atoms with Crippen molar-refractivity contribution >= 4 is 29.8 Å². The number of amides is 1. The van der Waals surface area contributed by atoms with Gasteiger partial charge in [-0.25, -0.2) is 0 Å². The molecule has 2 heterocycles. The standard InChI is InChI=1S/C11H18N4OS.ClH/c1-3-9-10(17-14-13-9)11(16)15-5-4-8(6-15)7(2)12;/h7-8H,3-6,12H2,1-2H3;1H. The van der Waals surface area contributed by atoms with E-state index >= 15 is 0 Å². The lowest BCUT2D eigenvalue weighted by atomic mass is 10.0. The predicted molar refractivity (Wildman–Crippen MR) is 74.2 cm³/mol. The van der Waals surface area contributed by atoms with Gasteiger partial charge in [0.15, 0.2) is 0 Å². The van der Waals surface area contributed by atoms with E-state index in [0.717, 1.165) is 31.6 Å². The number of hydrogen-bond donors (Lipinski definition) is 1. The summed E-state index contributed by atoms with van der Waals surface area (Å²) in [4.78, 5) is 14.8. The van der Waals surface area contributed by atoms with Crippen LogP contribution >= 0.6 is 23.9 Å². The van der Waals surface area contributed by atoms with Gasteiger partial charge in [0, 0.05) is 19.1 Å². The molecule has 5 nitrogen and oxygen atoms in total. The molecule has 1 aliphatic rings. The van der Waals surface area contributed by atoms with Gasteiger partial charge in [0.25, 0.3) is 5.91 Å². The summed E-state index contributed by atoms with van der Waals surface area (Å²) in [5.41, 5.74) is 6.68. The molecule has 2 N–H and O–H groups in total. The van der Waals surface area contributed by atoms with E-state index in [1.165, 1.54) is 11.5 Å². The second-order valence-electron chi connectivity index (χ2n) is 4.56. The number of likely N-dealkylation sites (tertiary alicyclic amines) is 1. The van der Waals surface area contributed by atoms with Crippen molar-refractivity contribution in [2.45, 2.75) is 32.7 Å². The second-order valence-corrected chi connectivity index (χ2v) is 5.32. The van der Waals surface area contributed by atoms with Gasteiger partial charge in [-0.2, -0.15) is 0 Å². The van der Waals surface area contributed by atoms with Crippen molar-refractivity contribution in [3.63, 3.8) is 0 Å². The first-order chi connectivity index (χ1) is 8.13. The van der Waals surface area contributed by atoms with E-state index in [0.29, 0.717) is 10.8 Å². The molecular formula is C11H19ClN4OS. The quantitative estimate of drug-likeness (QED) is 0.911. The van der Waals surface area contributed by atoms with Crippen LogP contribution in [0.25, 0.3) is 0 Å². The third-order valence-corrected chi connectivity index (χ3v) is 4.10. The smallest absolute Gasteiger partial charge is 0.267 e. The number of aryl methyl sites for hydroxylation is 1. The lowest BCUT2D eigenvalue weighted by molar-refractivity contribution is 0.0789. The number of aromatic nitrogens is 2. The highest BCUT2D eigenvalue weighted by molar-refractivity contribution is 7.08. The van der Waals surface area contributed by atoms with Crippen molar-refractivity contribution in [3.8, 4) is 0 Å². The van der Waals surface area contributed by atoms with Crippen LogP contribution in [-0.4, -0.2) is 39.5 Å². The lowest BCUT2D eigenvalue weighted by Gasteiger charge is -2.17. The molecule has 1 aromatic rings. The number of nitrogens with zero attached hydrogens (tertiary/aromatic N) is 3. The van der Waals surface area contributed by atoms with Gasteiger partial charge in [-0.05, 0) is 37.2 Å². The molecular weight excluding hydrogens is 272 g/mol. The topological polar surface area (TPSA) is 72.1 Å². The van der Waals surface area contributed by atoms with E-state index in [1.54, 1.807) is 0 Å². The Morgan fingerprint density at radius 3 is 2.94 bits per heavy atom. The van der Waals surface area contributed by atoms with Crippen LogP contribution in [-0.2, 0) is 6.42 Å². The maximum atomic E-state index is 12.3. The first-order valence-electron chi connectivity index (χ1n) is 5.99. The van der Waals surface area contributed by atoms with Gasteiger partial charge in [0.2, 0.25) is 0 Å². The molecule has 2 unspecified atom stereocenters. The molecule has 0 aliphatic carbocycles. The van der Waals surface area contributed by atoms with E-state index in [-0.39, 0.29) is 24.4 Å². The Kier molecular flexibility index (Phi) is 5.49. The summed E-state index contributed by atoms with van der Waals surface area (Å²) < 4.78 is 3.86. The number of nitrogens with two attached hydrogens (primary N) is 1. The second kappa shape index (κ2) is 6.45. The Morgan fingerprint density at radius 1 is 1.67 bits per heavy atom. The molecule has 2 atom stereocenters. The molecule has 0 saturated carbocycles. The van der Waals surface area contributed by atoms with Gasteiger partial charge in [0.05, 0.1) is 5.69 Å². The van der Waals surface area contributed by atoms with Gasteiger partial charge in [-0.15, -0.1) is 17.5 Å². The molecule has 1 saturated heterocycles. The molecule has 0 radical (unpaired) electrons. The van der Waals surface area contributed by atoms with Crippen molar-refractivity contribution in [2.75, 3.05) is 13.1 Å². The van der Waals surface area contributed by atoms with Gasteiger partial charge in [-0.3, -0.25) is 4.79 Å². The molecule has 1 aliphatic heterocycles. The fourth-order valence-corrected chi connectivity index (χ4v) is 2.87. The zero-order valence-electron chi connectivity index (χ0n) is 10.6. The van der Waals surface area contributed by atoms with Crippen molar-refractivity contribution in [1.82, 2.24) is 14.5 Å². The summed E-state index contributed by atoms with van der Waals surface area (Å²) in [7, 11) is 0. The normalized spacial score (nSPS) is 20.6. The molecule has 18 heavy (non-hydrogen) atoms. The summed E-state index contributed by atoms with van der Waals surface area (Å²) in [6.07, 6.45) is 1.75. The molecule has 7 heteroatoms. The fraction of sp³-hybridized carbons (Fsp3) is 0.727. The van der Waals surface area contributed by atoms with Crippen LogP contribution in [0.5, 0.6) is 0 Å². The highest BCUT2D eigenvalue weighted by atomic mass is 35.5. The summed E-state index contributed by atoms with van der Waals surface area (Å²) in [5.74, 6) is 0.491. The number of carbonyl (C=O) groups is 1. The molecule has 102 valence electrons. The maximum Gasteiger partial charge on any atom is 0.267 e. The molecule has 1 fully saturated rings. The molecule has 2 rings (SSSR count). The van der Waals surface area contributed by atoms with Crippen LogP contribution in [0.1, 0.15) is 35.6 Å². The van der Waals surface area contributed by atoms with Crippen LogP contribution in [0, 0.1) is 5.92 Å². The van der Waals surface area contributed by atoms with E-state index in [9.17, 15) is 4.79 Å². The molecule has 0 bridgehead atoms. The van der Waals surface area contributed by atoms with Crippen LogP contribution in [0.2, 0.25) is 0 Å². The predicted octanol–water partition coefficient (Wildman–Crippen LogP) is 1.33. The van der Waals surface area contributed by atoms with Crippen LogP contribution in [0.3, 0.4) is 0 Å². The summed E-state index contributed by atoms with van der Waals surface area (Å²) in [6, 6.07) is 0.151. The van der Waals surface area contributed by atoms with Crippen LogP contribution in [0.4, 0.5) is 0 Å². The lowest BCUT2D eigenvalue weighted by Crippen LogP contribution is -2.33.